The van der Waals surface area contributed by atoms with Gasteiger partial charge in [0.2, 0.25) is 0 Å². The number of hydrogen-bond donors (Lipinski definition) is 0. The minimum Gasteiger partial charge on any atom is -0.456 e. The predicted octanol–water partition coefficient (Wildman–Crippen LogP) is 13.1. The third-order valence-electron chi connectivity index (χ3n) is 12.2. The Kier molecular flexibility index (Phi) is 6.22. The molecule has 2 aliphatic carbocycles. The lowest BCUT2D eigenvalue weighted by Gasteiger charge is -2.23. The van der Waals surface area contributed by atoms with E-state index >= 15 is 0 Å². The van der Waals surface area contributed by atoms with Crippen molar-refractivity contribution in [1.82, 2.24) is 19.1 Å². The molecule has 0 N–H and O–H groups in total. The quantitative estimate of drug-likeness (QED) is 0.182. The van der Waals surface area contributed by atoms with Crippen LogP contribution >= 0.6 is 0 Å². The van der Waals surface area contributed by atoms with Crippen molar-refractivity contribution >= 4 is 82.5 Å². The normalized spacial score (nSPS) is 15.1. The number of furan rings is 1. The number of benzene rings is 7. The van der Waals surface area contributed by atoms with Gasteiger partial charge in [-0.3, -0.25) is 4.57 Å². The van der Waals surface area contributed by atoms with Gasteiger partial charge in [0.25, 0.3) is 0 Å². The Bertz CT molecular complexity index is 3630. The van der Waals surface area contributed by atoms with Crippen LogP contribution in [-0.2, 0) is 6.42 Å². The first kappa shape index (κ1) is 30.8. The van der Waals surface area contributed by atoms with E-state index in [4.69, 9.17) is 14.4 Å². The van der Waals surface area contributed by atoms with Crippen LogP contribution in [0.15, 0.2) is 180 Å². The van der Waals surface area contributed by atoms with E-state index < -0.39 is 0 Å². The van der Waals surface area contributed by atoms with Crippen LogP contribution < -0.4 is 0 Å². The van der Waals surface area contributed by atoms with Crippen molar-refractivity contribution < 1.29 is 4.42 Å². The van der Waals surface area contributed by atoms with Crippen molar-refractivity contribution in [3.8, 4) is 22.8 Å². The summed E-state index contributed by atoms with van der Waals surface area (Å²) in [5, 5.41) is 8.23. The van der Waals surface area contributed by atoms with Gasteiger partial charge in [0.15, 0.2) is 5.82 Å². The lowest BCUT2D eigenvalue weighted by Crippen LogP contribution is -2.12. The summed E-state index contributed by atoms with van der Waals surface area (Å²) in [5.41, 5.74) is 13.8. The maximum absolute atomic E-state index is 6.37. The standard InChI is InChI=1S/C52H32N4O/c1-2-12-32-28-47-41(26-31(32)11-1)37-13-3-8-18-45(37)55(47)36-23-21-33-29-48-42(27-35(33)25-36)38-14-4-9-19-46(38)56(48)52-51(53-43-16-6-7-17-44(43)54-52)34-22-24-40-39-15-5-10-20-49(39)57-50(40)30-34/h1-25,27-31H,26H2. The molecule has 4 heterocycles. The molecule has 5 nitrogen and oxygen atoms in total. The minimum atomic E-state index is 0.421. The van der Waals surface area contributed by atoms with Gasteiger partial charge >= 0.3 is 0 Å². The van der Waals surface area contributed by atoms with Crippen molar-refractivity contribution in [1.29, 1.82) is 0 Å². The van der Waals surface area contributed by atoms with Crippen molar-refractivity contribution in [3.63, 3.8) is 0 Å². The Morgan fingerprint density at radius 1 is 0.544 bits per heavy atom. The minimum absolute atomic E-state index is 0.421. The first-order valence-corrected chi connectivity index (χ1v) is 19.6. The van der Waals surface area contributed by atoms with Gasteiger partial charge in [0.1, 0.15) is 16.9 Å². The van der Waals surface area contributed by atoms with Crippen LogP contribution in [0, 0.1) is 5.92 Å². The Hall–Kier alpha value is -7.50. The van der Waals surface area contributed by atoms with E-state index in [9.17, 15) is 0 Å². The smallest absolute Gasteiger partial charge is 0.165 e. The maximum atomic E-state index is 6.37. The lowest BCUT2D eigenvalue weighted by atomic mass is 9.83. The molecule has 11 aromatic rings. The van der Waals surface area contributed by atoms with Gasteiger partial charge in [-0.25, -0.2) is 9.97 Å². The zero-order chi connectivity index (χ0) is 37.2. The Balaban J connectivity index is 1.04. The van der Waals surface area contributed by atoms with Crippen molar-refractivity contribution in [3.05, 3.63) is 187 Å². The highest BCUT2D eigenvalue weighted by atomic mass is 16.3. The number of allylic oxidation sites excluding steroid dienone is 5. The summed E-state index contributed by atoms with van der Waals surface area (Å²) in [6.07, 6.45) is 12.4. The van der Waals surface area contributed by atoms with Gasteiger partial charge in [0.05, 0.1) is 33.3 Å². The van der Waals surface area contributed by atoms with Crippen LogP contribution in [0.3, 0.4) is 0 Å². The summed E-state index contributed by atoms with van der Waals surface area (Å²) in [5.74, 6) is 1.21. The fraction of sp³-hybridized carbons (Fsp3) is 0.0385. The second-order valence-electron chi connectivity index (χ2n) is 15.4. The summed E-state index contributed by atoms with van der Waals surface area (Å²) in [6, 6.07) is 51.9. The maximum Gasteiger partial charge on any atom is 0.165 e. The van der Waals surface area contributed by atoms with Gasteiger partial charge in [-0.2, -0.15) is 0 Å². The van der Waals surface area contributed by atoms with E-state index in [-0.39, 0.29) is 0 Å². The Morgan fingerprint density at radius 2 is 1.30 bits per heavy atom. The average Bonchev–Trinajstić information content (AvgIpc) is 3.91. The predicted molar refractivity (Wildman–Crippen MR) is 234 cm³/mol. The first-order valence-electron chi connectivity index (χ1n) is 19.6. The molecule has 0 saturated carbocycles. The van der Waals surface area contributed by atoms with Gasteiger partial charge in [0, 0.05) is 44.1 Å². The average molecular weight is 729 g/mol. The summed E-state index contributed by atoms with van der Waals surface area (Å²) >= 11 is 0. The second-order valence-corrected chi connectivity index (χ2v) is 15.4. The van der Waals surface area contributed by atoms with Gasteiger partial charge in [-0.05, 0) is 101 Å². The number of nitrogens with zero attached hydrogens (tertiary/aromatic N) is 4. The molecule has 57 heavy (non-hydrogen) atoms. The number of fused-ring (bicyclic) bond motifs is 12. The number of rotatable bonds is 3. The molecule has 13 rings (SSSR count). The van der Waals surface area contributed by atoms with Crippen LogP contribution in [0.1, 0.15) is 11.3 Å². The Morgan fingerprint density at radius 3 is 2.19 bits per heavy atom. The van der Waals surface area contributed by atoms with Crippen molar-refractivity contribution in [2.75, 3.05) is 0 Å². The molecule has 0 bridgehead atoms. The highest BCUT2D eigenvalue weighted by Crippen LogP contribution is 2.42. The third-order valence-corrected chi connectivity index (χ3v) is 12.2. The number of aromatic nitrogens is 4. The summed E-state index contributed by atoms with van der Waals surface area (Å²) in [6.45, 7) is 0. The fourth-order valence-corrected chi connectivity index (χ4v) is 9.57. The molecule has 2 aliphatic rings. The molecule has 1 atom stereocenters. The largest absolute Gasteiger partial charge is 0.456 e. The van der Waals surface area contributed by atoms with Gasteiger partial charge in [-0.1, -0.05) is 103 Å². The van der Waals surface area contributed by atoms with Gasteiger partial charge < -0.3 is 8.98 Å². The first-order chi connectivity index (χ1) is 28.2. The molecule has 266 valence electrons. The van der Waals surface area contributed by atoms with Crippen LogP contribution in [-0.4, -0.2) is 19.1 Å². The Labute approximate surface area is 326 Å². The van der Waals surface area contributed by atoms with Crippen LogP contribution in [0.4, 0.5) is 0 Å². The third kappa shape index (κ3) is 4.45. The van der Waals surface area contributed by atoms with Crippen LogP contribution in [0.5, 0.6) is 0 Å². The zero-order valence-corrected chi connectivity index (χ0v) is 30.7. The van der Waals surface area contributed by atoms with E-state index in [1.54, 1.807) is 0 Å². The molecule has 0 radical (unpaired) electrons. The molecular weight excluding hydrogens is 697 g/mol. The molecule has 1 unspecified atom stereocenters. The molecule has 0 fully saturated rings. The fourth-order valence-electron chi connectivity index (χ4n) is 9.57. The monoisotopic (exact) mass is 728 g/mol. The molecule has 5 heteroatoms. The highest BCUT2D eigenvalue weighted by molar-refractivity contribution is 6.14. The SMILES string of the molecule is C1=CC2=Cc3c(c4ccccc4n3-c3ccc4cc5c(cc4c3)c3ccccc3n5-c3nc4ccccc4nc3-c3ccc4c(c3)oc3ccccc34)CC2C=C1. The van der Waals surface area contributed by atoms with E-state index in [0.717, 1.165) is 73.2 Å². The number of para-hydroxylation sites is 5. The molecule has 0 spiro atoms. The second kappa shape index (κ2) is 11.5. The lowest BCUT2D eigenvalue weighted by molar-refractivity contribution is 0.669. The molecule has 0 aliphatic heterocycles. The zero-order valence-electron chi connectivity index (χ0n) is 30.7. The molecule has 4 aromatic heterocycles. The summed E-state index contributed by atoms with van der Waals surface area (Å²) < 4.78 is 11.1. The van der Waals surface area contributed by atoms with Gasteiger partial charge in [-0.15, -0.1) is 0 Å². The van der Waals surface area contributed by atoms with E-state index in [1.165, 1.54) is 49.3 Å². The highest BCUT2D eigenvalue weighted by Gasteiger charge is 2.26. The molecule has 7 aromatic carbocycles. The van der Waals surface area contributed by atoms with E-state index in [0.29, 0.717) is 5.92 Å². The topological polar surface area (TPSA) is 48.8 Å². The van der Waals surface area contributed by atoms with E-state index in [1.807, 2.05) is 36.4 Å². The summed E-state index contributed by atoms with van der Waals surface area (Å²) in [7, 11) is 0. The summed E-state index contributed by atoms with van der Waals surface area (Å²) in [4.78, 5) is 10.7. The van der Waals surface area contributed by atoms with Crippen molar-refractivity contribution in [2.24, 2.45) is 5.92 Å². The molecule has 0 saturated heterocycles. The number of hydrogen-bond acceptors (Lipinski definition) is 3. The van der Waals surface area contributed by atoms with Crippen LogP contribution in [0.2, 0.25) is 0 Å². The molecular formula is C52H32N4O. The van der Waals surface area contributed by atoms with E-state index in [2.05, 4.69) is 149 Å². The van der Waals surface area contributed by atoms with Crippen molar-refractivity contribution in [2.45, 2.75) is 6.42 Å². The van der Waals surface area contributed by atoms with Crippen LogP contribution in [0.25, 0.3) is 105 Å². The molecule has 0 amide bonds.